The molecular weight excluding hydrogens is 384 g/mol. The molecule has 0 radical (unpaired) electrons. The summed E-state index contributed by atoms with van der Waals surface area (Å²) in [7, 11) is 3.01. The highest BCUT2D eigenvalue weighted by Crippen LogP contribution is 2.38. The van der Waals surface area contributed by atoms with E-state index in [2.05, 4.69) is 9.88 Å². The average Bonchev–Trinajstić information content (AvgIpc) is 3.14. The Morgan fingerprint density at radius 2 is 1.83 bits per heavy atom. The van der Waals surface area contributed by atoms with E-state index in [0.717, 1.165) is 43.8 Å². The second-order valence-electron chi connectivity index (χ2n) is 8.16. The SMILES string of the molecule is COC(=O)c1ccc(O[C@H]2C[C@@H]3CN(Cc4cncc(OC)c4)C[C@@H]3C[C@@H]2O)cc1. The number of esters is 1. The van der Waals surface area contributed by atoms with E-state index < -0.39 is 6.10 Å². The molecule has 1 N–H and O–H groups in total. The molecule has 160 valence electrons. The third-order valence-electron chi connectivity index (χ3n) is 6.14. The van der Waals surface area contributed by atoms with Gasteiger partial charge in [0, 0.05) is 25.8 Å². The van der Waals surface area contributed by atoms with Gasteiger partial charge in [0.25, 0.3) is 0 Å². The largest absolute Gasteiger partial charge is 0.495 e. The van der Waals surface area contributed by atoms with Gasteiger partial charge in [-0.1, -0.05) is 0 Å². The number of hydrogen-bond donors (Lipinski definition) is 1. The molecule has 0 spiro atoms. The molecule has 2 heterocycles. The van der Waals surface area contributed by atoms with Gasteiger partial charge in [-0.3, -0.25) is 9.88 Å². The smallest absolute Gasteiger partial charge is 0.337 e. The van der Waals surface area contributed by atoms with E-state index in [9.17, 15) is 9.90 Å². The first kappa shape index (κ1) is 20.6. The maximum Gasteiger partial charge on any atom is 0.337 e. The number of rotatable bonds is 6. The number of hydrogen-bond acceptors (Lipinski definition) is 7. The number of ether oxygens (including phenoxy) is 3. The Labute approximate surface area is 176 Å². The van der Waals surface area contributed by atoms with E-state index in [0.29, 0.717) is 23.1 Å². The van der Waals surface area contributed by atoms with Crippen LogP contribution in [0.3, 0.4) is 0 Å². The van der Waals surface area contributed by atoms with Crippen LogP contribution in [0, 0.1) is 11.8 Å². The van der Waals surface area contributed by atoms with Gasteiger partial charge in [0.15, 0.2) is 0 Å². The molecule has 0 bridgehead atoms. The fraction of sp³-hybridized carbons (Fsp3) is 0.478. The van der Waals surface area contributed by atoms with Crippen molar-refractivity contribution in [2.75, 3.05) is 27.3 Å². The monoisotopic (exact) mass is 412 g/mol. The molecule has 1 aliphatic carbocycles. The van der Waals surface area contributed by atoms with Crippen LogP contribution in [-0.2, 0) is 11.3 Å². The number of methoxy groups -OCH3 is 2. The van der Waals surface area contributed by atoms with Gasteiger partial charge in [0.05, 0.1) is 32.1 Å². The van der Waals surface area contributed by atoms with Gasteiger partial charge in [0.1, 0.15) is 17.6 Å². The molecule has 1 aromatic heterocycles. The van der Waals surface area contributed by atoms with Crippen molar-refractivity contribution < 1.29 is 24.1 Å². The first-order valence-electron chi connectivity index (χ1n) is 10.3. The summed E-state index contributed by atoms with van der Waals surface area (Å²) in [5.41, 5.74) is 1.61. The number of aliphatic hydroxyl groups excluding tert-OH is 1. The second kappa shape index (κ2) is 9.02. The second-order valence-corrected chi connectivity index (χ2v) is 8.16. The van der Waals surface area contributed by atoms with Crippen molar-refractivity contribution in [3.63, 3.8) is 0 Å². The van der Waals surface area contributed by atoms with E-state index >= 15 is 0 Å². The van der Waals surface area contributed by atoms with Gasteiger partial charge in [-0.2, -0.15) is 0 Å². The highest BCUT2D eigenvalue weighted by Gasteiger charge is 2.42. The van der Waals surface area contributed by atoms with Gasteiger partial charge in [0.2, 0.25) is 0 Å². The van der Waals surface area contributed by atoms with Crippen LogP contribution in [0.5, 0.6) is 11.5 Å². The Balaban J connectivity index is 1.35. The van der Waals surface area contributed by atoms with Crippen LogP contribution in [0.15, 0.2) is 42.7 Å². The predicted octanol–water partition coefficient (Wildman–Crippen LogP) is 2.53. The van der Waals surface area contributed by atoms with Crippen molar-refractivity contribution in [3.8, 4) is 11.5 Å². The van der Waals surface area contributed by atoms with E-state index in [-0.39, 0.29) is 12.1 Å². The van der Waals surface area contributed by atoms with Crippen molar-refractivity contribution in [1.82, 2.24) is 9.88 Å². The molecule has 0 unspecified atom stereocenters. The molecule has 7 heteroatoms. The lowest BCUT2D eigenvalue weighted by Gasteiger charge is -2.35. The number of aromatic nitrogens is 1. The van der Waals surface area contributed by atoms with Crippen LogP contribution in [0.25, 0.3) is 0 Å². The molecule has 4 atom stereocenters. The molecule has 1 aliphatic heterocycles. The zero-order valence-electron chi connectivity index (χ0n) is 17.4. The normalized spacial score (nSPS) is 26.1. The summed E-state index contributed by atoms with van der Waals surface area (Å²) < 4.78 is 16.1. The van der Waals surface area contributed by atoms with Crippen LogP contribution in [-0.4, -0.2) is 60.5 Å². The quantitative estimate of drug-likeness (QED) is 0.730. The summed E-state index contributed by atoms with van der Waals surface area (Å²) in [5, 5.41) is 10.7. The number of aliphatic hydroxyl groups is 1. The molecule has 1 saturated carbocycles. The van der Waals surface area contributed by atoms with Gasteiger partial charge in [-0.05, 0) is 60.6 Å². The molecule has 30 heavy (non-hydrogen) atoms. The van der Waals surface area contributed by atoms with Crippen LogP contribution in [0.4, 0.5) is 0 Å². The third-order valence-corrected chi connectivity index (χ3v) is 6.14. The number of carbonyl (C=O) groups excluding carboxylic acids is 1. The topological polar surface area (TPSA) is 81.1 Å². The molecular formula is C23H28N2O5. The average molecular weight is 412 g/mol. The summed E-state index contributed by atoms with van der Waals surface area (Å²) >= 11 is 0. The lowest BCUT2D eigenvalue weighted by Crippen LogP contribution is -2.42. The van der Waals surface area contributed by atoms with Crippen LogP contribution < -0.4 is 9.47 Å². The highest BCUT2D eigenvalue weighted by molar-refractivity contribution is 5.89. The summed E-state index contributed by atoms with van der Waals surface area (Å²) in [5.74, 6) is 2.01. The van der Waals surface area contributed by atoms with Gasteiger partial charge in [-0.25, -0.2) is 4.79 Å². The molecule has 2 aliphatic rings. The highest BCUT2D eigenvalue weighted by atomic mass is 16.5. The van der Waals surface area contributed by atoms with Crippen LogP contribution in [0.1, 0.15) is 28.8 Å². The first-order chi connectivity index (χ1) is 14.6. The first-order valence-corrected chi connectivity index (χ1v) is 10.3. The molecule has 0 amide bonds. The number of carbonyl (C=O) groups is 1. The Morgan fingerprint density at radius 3 is 2.53 bits per heavy atom. The number of benzene rings is 1. The molecule has 4 rings (SSSR count). The van der Waals surface area contributed by atoms with Gasteiger partial charge < -0.3 is 19.3 Å². The number of likely N-dealkylation sites (tertiary alicyclic amines) is 1. The van der Waals surface area contributed by atoms with Crippen molar-refractivity contribution in [2.24, 2.45) is 11.8 Å². The van der Waals surface area contributed by atoms with E-state index in [4.69, 9.17) is 14.2 Å². The van der Waals surface area contributed by atoms with Gasteiger partial charge >= 0.3 is 5.97 Å². The maximum atomic E-state index is 11.6. The standard InChI is InChI=1S/C23H28N2O5/c1-28-20-7-15(10-24-11-20)12-25-13-17-8-21(26)22(9-18(17)14-25)30-19-5-3-16(4-6-19)23(27)29-2/h3-7,10-11,17-18,21-22,26H,8-9,12-14H2,1-2H3/t17-,18+,21-,22-/m0/s1. The summed E-state index contributed by atoms with van der Waals surface area (Å²) in [4.78, 5) is 18.2. The van der Waals surface area contributed by atoms with Crippen molar-refractivity contribution in [2.45, 2.75) is 31.6 Å². The molecule has 1 aromatic carbocycles. The van der Waals surface area contributed by atoms with Crippen molar-refractivity contribution >= 4 is 5.97 Å². The molecule has 2 aromatic rings. The van der Waals surface area contributed by atoms with E-state index in [1.54, 1.807) is 37.6 Å². The summed E-state index contributed by atoms with van der Waals surface area (Å²) in [6.45, 7) is 2.78. The van der Waals surface area contributed by atoms with Gasteiger partial charge in [-0.15, -0.1) is 0 Å². The van der Waals surface area contributed by atoms with E-state index in [1.807, 2.05) is 12.3 Å². The fourth-order valence-corrected chi connectivity index (χ4v) is 4.63. The third kappa shape index (κ3) is 4.57. The lowest BCUT2D eigenvalue weighted by atomic mass is 9.78. The zero-order chi connectivity index (χ0) is 21.1. The maximum absolute atomic E-state index is 11.6. The van der Waals surface area contributed by atoms with Crippen molar-refractivity contribution in [1.29, 1.82) is 0 Å². The summed E-state index contributed by atoms with van der Waals surface area (Å²) in [6, 6.07) is 8.88. The minimum absolute atomic E-state index is 0.242. The Hall–Kier alpha value is -2.64. The Kier molecular flexibility index (Phi) is 6.20. The van der Waals surface area contributed by atoms with Crippen LogP contribution in [0.2, 0.25) is 0 Å². The Bertz CT molecular complexity index is 872. The molecule has 1 saturated heterocycles. The molecule has 2 fully saturated rings. The van der Waals surface area contributed by atoms with E-state index in [1.165, 1.54) is 7.11 Å². The fourth-order valence-electron chi connectivity index (χ4n) is 4.63. The number of fused-ring (bicyclic) bond motifs is 1. The molecule has 7 nitrogen and oxygen atoms in total. The van der Waals surface area contributed by atoms with Crippen LogP contribution >= 0.6 is 0 Å². The predicted molar refractivity (Wildman–Crippen MR) is 110 cm³/mol. The lowest BCUT2D eigenvalue weighted by molar-refractivity contribution is -0.0231. The zero-order valence-corrected chi connectivity index (χ0v) is 17.4. The Morgan fingerprint density at radius 1 is 1.10 bits per heavy atom. The minimum atomic E-state index is -0.495. The summed E-state index contributed by atoms with van der Waals surface area (Å²) in [6.07, 6.45) is 4.41. The van der Waals surface area contributed by atoms with Crippen molar-refractivity contribution in [3.05, 3.63) is 53.9 Å². The number of nitrogens with zero attached hydrogens (tertiary/aromatic N) is 2. The number of pyridine rings is 1. The minimum Gasteiger partial charge on any atom is -0.495 e.